The van der Waals surface area contributed by atoms with Gasteiger partial charge in [0.25, 0.3) is 5.91 Å². The molecule has 0 aliphatic rings. The number of carboxylic acids is 1. The molecule has 2 aromatic heterocycles. The third-order valence-electron chi connectivity index (χ3n) is 4.28. The van der Waals surface area contributed by atoms with Gasteiger partial charge in [-0.05, 0) is 30.5 Å². The number of aromatic nitrogens is 2. The molecular formula is C20H22N4O4S. The molecule has 0 radical (unpaired) electrons. The average Bonchev–Trinajstić information content (AvgIpc) is 3.30. The number of hydrogen-bond donors (Lipinski definition) is 4. The molecule has 4 N–H and O–H groups in total. The zero-order valence-electron chi connectivity index (χ0n) is 16.1. The molecule has 9 heteroatoms. The molecule has 152 valence electrons. The van der Waals surface area contributed by atoms with E-state index in [1.807, 2.05) is 19.9 Å². The minimum Gasteiger partial charge on any atom is -0.480 e. The first-order valence-electron chi connectivity index (χ1n) is 9.16. The van der Waals surface area contributed by atoms with Crippen LogP contribution in [0.5, 0.6) is 0 Å². The van der Waals surface area contributed by atoms with Crippen LogP contribution in [-0.2, 0) is 16.0 Å². The molecule has 2 heterocycles. The number of hydrogen-bond acceptors (Lipinski definition) is 5. The minimum absolute atomic E-state index is 0.135. The summed E-state index contributed by atoms with van der Waals surface area (Å²) in [5, 5.41) is 15.5. The summed E-state index contributed by atoms with van der Waals surface area (Å²) in [6.45, 7) is 3.81. The zero-order chi connectivity index (χ0) is 21.0. The first-order chi connectivity index (χ1) is 13.8. The van der Waals surface area contributed by atoms with Crippen LogP contribution in [0, 0.1) is 5.92 Å². The predicted molar refractivity (Wildman–Crippen MR) is 111 cm³/mol. The number of aliphatic carboxylic acids is 1. The van der Waals surface area contributed by atoms with E-state index in [9.17, 15) is 19.5 Å². The number of nitrogens with one attached hydrogen (secondary N) is 3. The lowest BCUT2D eigenvalue weighted by molar-refractivity contribution is -0.139. The van der Waals surface area contributed by atoms with Gasteiger partial charge in [-0.1, -0.05) is 19.9 Å². The fourth-order valence-electron chi connectivity index (χ4n) is 2.95. The van der Waals surface area contributed by atoms with E-state index in [2.05, 4.69) is 20.6 Å². The maximum atomic E-state index is 12.6. The Hall–Kier alpha value is -3.20. The number of carbonyl (C=O) groups excluding carboxylic acids is 2. The number of nitrogens with zero attached hydrogens (tertiary/aromatic N) is 1. The van der Waals surface area contributed by atoms with Gasteiger partial charge in [-0.2, -0.15) is 0 Å². The molecular weight excluding hydrogens is 392 g/mol. The van der Waals surface area contributed by atoms with Crippen molar-refractivity contribution in [1.82, 2.24) is 15.3 Å². The summed E-state index contributed by atoms with van der Waals surface area (Å²) >= 11 is 1.25. The molecule has 0 saturated carbocycles. The number of fused-ring (bicyclic) bond motifs is 1. The summed E-state index contributed by atoms with van der Waals surface area (Å²) in [4.78, 5) is 43.5. The predicted octanol–water partition coefficient (Wildman–Crippen LogP) is 3.03. The normalized spacial score (nSPS) is 12.1. The molecule has 0 unspecified atom stereocenters. The van der Waals surface area contributed by atoms with Crippen LogP contribution in [0.3, 0.4) is 0 Å². The Morgan fingerprint density at radius 2 is 2.07 bits per heavy atom. The van der Waals surface area contributed by atoms with Crippen LogP contribution in [0.1, 0.15) is 35.6 Å². The number of thiophene rings is 1. The van der Waals surface area contributed by atoms with Crippen molar-refractivity contribution in [2.75, 3.05) is 5.32 Å². The van der Waals surface area contributed by atoms with E-state index in [1.54, 1.807) is 24.4 Å². The summed E-state index contributed by atoms with van der Waals surface area (Å²) in [5.41, 5.74) is 1.30. The summed E-state index contributed by atoms with van der Waals surface area (Å²) < 4.78 is 0.824. The van der Waals surface area contributed by atoms with E-state index in [0.717, 1.165) is 10.1 Å². The van der Waals surface area contributed by atoms with Gasteiger partial charge in [-0.15, -0.1) is 11.3 Å². The zero-order valence-corrected chi connectivity index (χ0v) is 16.9. The van der Waals surface area contributed by atoms with Gasteiger partial charge in [-0.3, -0.25) is 9.59 Å². The molecule has 3 rings (SSSR count). The molecule has 1 atom stereocenters. The summed E-state index contributed by atoms with van der Waals surface area (Å²) in [6, 6.07) is 6.15. The van der Waals surface area contributed by atoms with Crippen molar-refractivity contribution in [2.24, 2.45) is 5.92 Å². The number of carbonyl (C=O) groups is 3. The lowest BCUT2D eigenvalue weighted by Gasteiger charge is -2.15. The van der Waals surface area contributed by atoms with Gasteiger partial charge in [0.05, 0.1) is 17.6 Å². The van der Waals surface area contributed by atoms with Gasteiger partial charge in [0.1, 0.15) is 6.04 Å². The van der Waals surface area contributed by atoms with Crippen LogP contribution in [0.4, 0.5) is 5.69 Å². The number of aromatic amines is 1. The first kappa shape index (κ1) is 20.5. The van der Waals surface area contributed by atoms with Crippen LogP contribution < -0.4 is 10.6 Å². The Morgan fingerprint density at radius 1 is 1.28 bits per heavy atom. The highest BCUT2D eigenvalue weighted by atomic mass is 32.1. The van der Waals surface area contributed by atoms with E-state index in [4.69, 9.17) is 0 Å². The molecule has 0 aliphatic heterocycles. The van der Waals surface area contributed by atoms with Crippen LogP contribution in [0.25, 0.3) is 10.1 Å². The second kappa shape index (κ2) is 8.87. The molecule has 0 aliphatic carbocycles. The third-order valence-corrected chi connectivity index (χ3v) is 5.37. The number of benzene rings is 1. The molecule has 0 fully saturated rings. The van der Waals surface area contributed by atoms with E-state index in [-0.39, 0.29) is 18.2 Å². The highest BCUT2D eigenvalue weighted by Crippen LogP contribution is 2.31. The van der Waals surface area contributed by atoms with Crippen LogP contribution in [0.15, 0.2) is 36.8 Å². The summed E-state index contributed by atoms with van der Waals surface area (Å²) in [5.74, 6) is -1.56. The first-order valence-corrected chi connectivity index (χ1v) is 9.98. The second-order valence-corrected chi connectivity index (χ2v) is 8.21. The fraction of sp³-hybridized carbons (Fsp3) is 0.300. The lowest BCUT2D eigenvalue weighted by Crippen LogP contribution is -2.41. The Bertz CT molecular complexity index is 1030. The molecule has 0 saturated heterocycles. The van der Waals surface area contributed by atoms with Crippen LogP contribution in [-0.4, -0.2) is 38.9 Å². The van der Waals surface area contributed by atoms with Gasteiger partial charge in [-0.25, -0.2) is 9.78 Å². The van der Waals surface area contributed by atoms with E-state index >= 15 is 0 Å². The van der Waals surface area contributed by atoms with Crippen molar-refractivity contribution >= 4 is 44.9 Å². The molecule has 2 amide bonds. The highest BCUT2D eigenvalue weighted by molar-refractivity contribution is 7.20. The topological polar surface area (TPSA) is 124 Å². The van der Waals surface area contributed by atoms with Crippen LogP contribution in [0.2, 0.25) is 0 Å². The number of amides is 2. The summed E-state index contributed by atoms with van der Waals surface area (Å²) in [6.07, 6.45) is 3.60. The molecule has 8 nitrogen and oxygen atoms in total. The Balaban J connectivity index is 1.77. The van der Waals surface area contributed by atoms with Gasteiger partial charge in [0.2, 0.25) is 5.91 Å². The maximum absolute atomic E-state index is 12.6. The lowest BCUT2D eigenvalue weighted by atomic mass is 10.0. The van der Waals surface area contributed by atoms with Gasteiger partial charge in [0, 0.05) is 27.7 Å². The molecule has 0 bridgehead atoms. The van der Waals surface area contributed by atoms with Crippen molar-refractivity contribution in [3.05, 3.63) is 47.4 Å². The summed E-state index contributed by atoms with van der Waals surface area (Å²) in [7, 11) is 0. The smallest absolute Gasteiger partial charge is 0.326 e. The molecule has 1 aromatic carbocycles. The Morgan fingerprint density at radius 3 is 2.72 bits per heavy atom. The second-order valence-electron chi connectivity index (χ2n) is 7.12. The largest absolute Gasteiger partial charge is 0.480 e. The SMILES string of the molecule is CC(C)C[C@H](NC(=O)c1cc2c(NC(=O)Cc3cnc[nH]3)cccc2s1)C(=O)O. The Kier molecular flexibility index (Phi) is 6.28. The number of anilines is 1. The van der Waals surface area contributed by atoms with E-state index in [1.165, 1.54) is 17.7 Å². The van der Waals surface area contributed by atoms with Crippen molar-refractivity contribution < 1.29 is 19.5 Å². The van der Waals surface area contributed by atoms with E-state index < -0.39 is 17.9 Å². The third kappa shape index (κ3) is 5.20. The number of carboxylic acid groups (broad SMARTS) is 1. The standard InChI is InChI=1S/C20H22N4O4S/c1-11(2)6-15(20(27)28)24-19(26)17-8-13-14(4-3-5-16(13)29-17)23-18(25)7-12-9-21-10-22-12/h3-5,8-11,15H,6-7H2,1-2H3,(H,21,22)(H,23,25)(H,24,26)(H,27,28)/t15-/m0/s1. The van der Waals surface area contributed by atoms with Gasteiger partial charge >= 0.3 is 5.97 Å². The van der Waals surface area contributed by atoms with Gasteiger partial charge < -0.3 is 20.7 Å². The van der Waals surface area contributed by atoms with Crippen molar-refractivity contribution in [3.63, 3.8) is 0 Å². The fourth-order valence-corrected chi connectivity index (χ4v) is 3.94. The minimum atomic E-state index is -1.06. The van der Waals surface area contributed by atoms with Crippen molar-refractivity contribution in [2.45, 2.75) is 32.7 Å². The van der Waals surface area contributed by atoms with Crippen LogP contribution >= 0.6 is 11.3 Å². The number of imidazole rings is 1. The quantitative estimate of drug-likeness (QED) is 0.451. The van der Waals surface area contributed by atoms with Crippen molar-refractivity contribution in [3.8, 4) is 0 Å². The number of H-pyrrole nitrogens is 1. The van der Waals surface area contributed by atoms with Crippen molar-refractivity contribution in [1.29, 1.82) is 0 Å². The highest BCUT2D eigenvalue weighted by Gasteiger charge is 2.23. The maximum Gasteiger partial charge on any atom is 0.326 e. The molecule has 0 spiro atoms. The van der Waals surface area contributed by atoms with Gasteiger partial charge in [0.15, 0.2) is 0 Å². The average molecular weight is 414 g/mol. The Labute approximate surface area is 171 Å². The monoisotopic (exact) mass is 414 g/mol. The molecule has 3 aromatic rings. The molecule has 29 heavy (non-hydrogen) atoms. The number of rotatable bonds is 8. The van der Waals surface area contributed by atoms with E-state index in [0.29, 0.717) is 22.7 Å².